The Morgan fingerprint density at radius 1 is 0.792 bits per heavy atom. The highest BCUT2D eigenvalue weighted by molar-refractivity contribution is 4.82. The lowest BCUT2D eigenvalue weighted by Crippen LogP contribution is -2.44. The molecule has 0 amide bonds. The second-order valence-corrected chi connectivity index (χ2v) is 5.98. The van der Waals surface area contributed by atoms with Gasteiger partial charge >= 0.3 is 0 Å². The molecule has 6 heteroatoms. The van der Waals surface area contributed by atoms with Gasteiger partial charge < -0.3 is 28.8 Å². The van der Waals surface area contributed by atoms with Gasteiger partial charge in [0.05, 0.1) is 51.3 Å². The van der Waals surface area contributed by atoms with Crippen molar-refractivity contribution in [2.75, 3.05) is 59.5 Å². The summed E-state index contributed by atoms with van der Waals surface area (Å²) >= 11 is 0. The van der Waals surface area contributed by atoms with E-state index in [4.69, 9.17) is 28.8 Å². The Morgan fingerprint density at radius 2 is 1.33 bits per heavy atom. The second kappa shape index (κ2) is 16.2. The number of hydrogen-bond donors (Lipinski definition) is 1. The molecule has 0 fully saturated rings. The van der Waals surface area contributed by atoms with E-state index in [1.165, 1.54) is 0 Å². The number of hydrogen-bond acceptors (Lipinski definition) is 6. The van der Waals surface area contributed by atoms with Crippen LogP contribution in [-0.2, 0) is 23.7 Å². The molecule has 0 radical (unpaired) electrons. The largest absolute Gasteiger partial charge is 0.394 e. The molecular formula is C18H38O6. The molecule has 0 aliphatic carbocycles. The third-order valence-electron chi connectivity index (χ3n) is 3.79. The van der Waals surface area contributed by atoms with Gasteiger partial charge in [-0.1, -0.05) is 13.8 Å². The van der Waals surface area contributed by atoms with Crippen molar-refractivity contribution in [3.8, 4) is 0 Å². The van der Waals surface area contributed by atoms with Crippen LogP contribution >= 0.6 is 0 Å². The first-order valence-electron chi connectivity index (χ1n) is 9.20. The molecule has 0 aromatic heterocycles. The molecule has 1 N–H and O–H groups in total. The summed E-state index contributed by atoms with van der Waals surface area (Å²) in [4.78, 5) is 0. The van der Waals surface area contributed by atoms with E-state index < -0.39 is 5.60 Å². The minimum Gasteiger partial charge on any atom is -0.394 e. The summed E-state index contributed by atoms with van der Waals surface area (Å²) in [5.41, 5.74) is -0.466. The van der Waals surface area contributed by atoms with Crippen LogP contribution < -0.4 is 0 Å². The van der Waals surface area contributed by atoms with Crippen molar-refractivity contribution < 1.29 is 28.8 Å². The van der Waals surface area contributed by atoms with Gasteiger partial charge in [-0.2, -0.15) is 0 Å². The zero-order valence-corrected chi connectivity index (χ0v) is 16.1. The molecule has 0 saturated carbocycles. The highest BCUT2D eigenvalue weighted by Gasteiger charge is 2.32. The van der Waals surface area contributed by atoms with Gasteiger partial charge in [0.1, 0.15) is 0 Å². The molecule has 24 heavy (non-hydrogen) atoms. The molecule has 2 unspecified atom stereocenters. The van der Waals surface area contributed by atoms with E-state index in [1.807, 2.05) is 13.8 Å². The average molecular weight is 350 g/mol. The molecule has 0 spiro atoms. The number of aliphatic hydroxyl groups excluding tert-OH is 1. The van der Waals surface area contributed by atoms with E-state index in [0.29, 0.717) is 52.7 Å². The van der Waals surface area contributed by atoms with Crippen LogP contribution in [0.3, 0.4) is 0 Å². The summed E-state index contributed by atoms with van der Waals surface area (Å²) in [6.07, 6.45) is 2.65. The van der Waals surface area contributed by atoms with Crippen molar-refractivity contribution in [3.63, 3.8) is 0 Å². The van der Waals surface area contributed by atoms with Gasteiger partial charge in [-0.3, -0.25) is 0 Å². The molecule has 0 bridgehead atoms. The van der Waals surface area contributed by atoms with Crippen LogP contribution in [0.2, 0.25) is 0 Å². The quantitative estimate of drug-likeness (QED) is 0.383. The van der Waals surface area contributed by atoms with Crippen LogP contribution in [0.25, 0.3) is 0 Å². The number of aliphatic hydroxyl groups is 1. The smallest absolute Gasteiger partial charge is 0.0935 e. The third-order valence-corrected chi connectivity index (χ3v) is 3.79. The van der Waals surface area contributed by atoms with Crippen molar-refractivity contribution >= 4 is 0 Å². The predicted molar refractivity (Wildman–Crippen MR) is 94.5 cm³/mol. The second-order valence-electron chi connectivity index (χ2n) is 5.98. The van der Waals surface area contributed by atoms with E-state index in [1.54, 1.807) is 0 Å². The molecule has 2 atom stereocenters. The van der Waals surface area contributed by atoms with Crippen molar-refractivity contribution in [1.29, 1.82) is 0 Å². The summed E-state index contributed by atoms with van der Waals surface area (Å²) < 4.78 is 28.0. The van der Waals surface area contributed by atoms with E-state index in [2.05, 4.69) is 13.8 Å². The number of rotatable bonds is 18. The minimum atomic E-state index is -0.466. The molecule has 0 aliphatic rings. The van der Waals surface area contributed by atoms with E-state index in [9.17, 15) is 0 Å². The van der Waals surface area contributed by atoms with Crippen LogP contribution in [0.5, 0.6) is 0 Å². The van der Waals surface area contributed by atoms with Gasteiger partial charge in [-0.25, -0.2) is 0 Å². The SMILES string of the molecule is CCCOCCOCCOCCC(C)(OCCO)C(C)OCCC. The molecule has 0 aliphatic heterocycles. The van der Waals surface area contributed by atoms with Gasteiger partial charge in [0.2, 0.25) is 0 Å². The zero-order chi connectivity index (χ0) is 18.1. The van der Waals surface area contributed by atoms with Crippen LogP contribution in [-0.4, -0.2) is 76.3 Å². The molecule has 0 heterocycles. The van der Waals surface area contributed by atoms with E-state index in [-0.39, 0.29) is 12.7 Å². The van der Waals surface area contributed by atoms with Crippen LogP contribution in [0.1, 0.15) is 47.0 Å². The monoisotopic (exact) mass is 350 g/mol. The summed E-state index contributed by atoms with van der Waals surface area (Å²) in [6, 6.07) is 0. The third kappa shape index (κ3) is 12.2. The standard InChI is InChI=1S/C18H38O6/c1-5-9-20-13-15-22-16-14-21-11-7-18(4,24-12-8-19)17(3)23-10-6-2/h17,19H,5-16H2,1-4H3. The molecule has 0 aromatic rings. The van der Waals surface area contributed by atoms with Gasteiger partial charge in [0.15, 0.2) is 0 Å². The lowest BCUT2D eigenvalue weighted by Gasteiger charge is -2.35. The molecule has 6 nitrogen and oxygen atoms in total. The molecule has 0 rings (SSSR count). The first kappa shape index (κ1) is 23.8. The molecular weight excluding hydrogens is 312 g/mol. The Balaban J connectivity index is 3.85. The fraction of sp³-hybridized carbons (Fsp3) is 1.00. The van der Waals surface area contributed by atoms with Crippen LogP contribution in [0.15, 0.2) is 0 Å². The fourth-order valence-electron chi connectivity index (χ4n) is 2.10. The summed E-state index contributed by atoms with van der Waals surface area (Å²) in [7, 11) is 0. The fourth-order valence-corrected chi connectivity index (χ4v) is 2.10. The zero-order valence-electron chi connectivity index (χ0n) is 16.1. The first-order chi connectivity index (χ1) is 11.6. The molecule has 0 saturated heterocycles. The van der Waals surface area contributed by atoms with Gasteiger partial charge in [0.25, 0.3) is 0 Å². The van der Waals surface area contributed by atoms with Crippen LogP contribution in [0, 0.1) is 0 Å². The summed E-state index contributed by atoms with van der Waals surface area (Å²) in [5, 5.41) is 9.01. The maximum atomic E-state index is 9.01. The van der Waals surface area contributed by atoms with Crippen molar-refractivity contribution in [2.45, 2.75) is 58.7 Å². The Labute approximate surface area is 147 Å². The van der Waals surface area contributed by atoms with Gasteiger partial charge in [-0.15, -0.1) is 0 Å². The Morgan fingerprint density at radius 3 is 1.88 bits per heavy atom. The lowest BCUT2D eigenvalue weighted by molar-refractivity contribution is -0.146. The first-order valence-corrected chi connectivity index (χ1v) is 9.20. The normalized spacial score (nSPS) is 15.4. The van der Waals surface area contributed by atoms with Crippen molar-refractivity contribution in [3.05, 3.63) is 0 Å². The Bertz CT molecular complexity index is 264. The lowest BCUT2D eigenvalue weighted by atomic mass is 9.96. The number of ether oxygens (including phenoxy) is 5. The topological polar surface area (TPSA) is 66.4 Å². The van der Waals surface area contributed by atoms with Crippen molar-refractivity contribution in [1.82, 2.24) is 0 Å². The molecule has 146 valence electrons. The van der Waals surface area contributed by atoms with Gasteiger partial charge in [-0.05, 0) is 26.7 Å². The minimum absolute atomic E-state index is 0.00485. The van der Waals surface area contributed by atoms with E-state index in [0.717, 1.165) is 19.4 Å². The molecule has 0 aromatic carbocycles. The summed E-state index contributed by atoms with van der Waals surface area (Å²) in [5.74, 6) is 0. The summed E-state index contributed by atoms with van der Waals surface area (Å²) in [6.45, 7) is 12.9. The highest BCUT2D eigenvalue weighted by Crippen LogP contribution is 2.23. The van der Waals surface area contributed by atoms with Crippen LogP contribution in [0.4, 0.5) is 0 Å². The van der Waals surface area contributed by atoms with E-state index >= 15 is 0 Å². The van der Waals surface area contributed by atoms with Gasteiger partial charge in [0, 0.05) is 26.2 Å². The predicted octanol–water partition coefficient (Wildman–Crippen LogP) is 2.42. The Hall–Kier alpha value is -0.240. The average Bonchev–Trinajstić information content (AvgIpc) is 2.59. The maximum Gasteiger partial charge on any atom is 0.0935 e. The Kier molecular flexibility index (Phi) is 16.1. The van der Waals surface area contributed by atoms with Crippen molar-refractivity contribution in [2.24, 2.45) is 0 Å². The highest BCUT2D eigenvalue weighted by atomic mass is 16.6. The maximum absolute atomic E-state index is 9.01.